The zero-order chi connectivity index (χ0) is 13.3. The normalized spacial score (nSPS) is 16.2. The molecule has 18 heavy (non-hydrogen) atoms. The molecular weight excluding hydrogens is 256 g/mol. The van der Waals surface area contributed by atoms with Gasteiger partial charge in [-0.25, -0.2) is 13.6 Å². The van der Waals surface area contributed by atoms with Crippen LogP contribution in [0.1, 0.15) is 11.5 Å². The van der Waals surface area contributed by atoms with Crippen LogP contribution < -0.4 is 19.9 Å². The van der Waals surface area contributed by atoms with Crippen LogP contribution in [0.2, 0.25) is 0 Å². The minimum Gasteiger partial charge on any atom is -0.496 e. The first-order valence-corrected chi connectivity index (χ1v) is 7.01. The van der Waals surface area contributed by atoms with Gasteiger partial charge in [-0.2, -0.15) is 0 Å². The molecule has 1 aliphatic rings. The Morgan fingerprint density at radius 3 is 2.22 bits per heavy atom. The summed E-state index contributed by atoms with van der Waals surface area (Å²) in [4.78, 5) is -0.0575. The second-order valence-corrected chi connectivity index (χ2v) is 5.68. The molecule has 7 heteroatoms. The van der Waals surface area contributed by atoms with E-state index < -0.39 is 10.0 Å². The van der Waals surface area contributed by atoms with E-state index in [2.05, 4.69) is 5.32 Å². The summed E-state index contributed by atoms with van der Waals surface area (Å²) < 4.78 is 33.3. The zero-order valence-corrected chi connectivity index (χ0v) is 11.1. The lowest BCUT2D eigenvalue weighted by Gasteiger charge is -2.29. The third-order valence-electron chi connectivity index (χ3n) is 3.04. The predicted octanol–water partition coefficient (Wildman–Crippen LogP) is 0.0380. The van der Waals surface area contributed by atoms with Gasteiger partial charge >= 0.3 is 0 Å². The number of ether oxygens (including phenoxy) is 2. The van der Waals surface area contributed by atoms with Crippen molar-refractivity contribution in [3.8, 4) is 11.5 Å². The molecule has 1 aromatic rings. The number of rotatable bonds is 4. The standard InChI is InChI=1S/C11H16N2O4S/c1-16-9-4-11(18(12,14)15)10(17-2)3-8(9)7-5-13-6-7/h3-4,7,13H,5-6H2,1-2H3,(H2,12,14,15). The van der Waals surface area contributed by atoms with Gasteiger partial charge in [0, 0.05) is 30.6 Å². The Balaban J connectivity index is 2.57. The maximum Gasteiger partial charge on any atom is 0.241 e. The van der Waals surface area contributed by atoms with E-state index in [0.29, 0.717) is 11.7 Å². The quantitative estimate of drug-likeness (QED) is 0.807. The maximum atomic E-state index is 11.5. The number of methoxy groups -OCH3 is 2. The number of nitrogens with one attached hydrogen (secondary N) is 1. The third-order valence-corrected chi connectivity index (χ3v) is 3.98. The Bertz CT molecular complexity index is 552. The highest BCUT2D eigenvalue weighted by Gasteiger charge is 2.26. The Morgan fingerprint density at radius 1 is 1.22 bits per heavy atom. The van der Waals surface area contributed by atoms with Crippen molar-refractivity contribution in [3.05, 3.63) is 17.7 Å². The van der Waals surface area contributed by atoms with E-state index in [4.69, 9.17) is 14.6 Å². The average molecular weight is 272 g/mol. The van der Waals surface area contributed by atoms with E-state index in [0.717, 1.165) is 18.7 Å². The second kappa shape index (κ2) is 4.75. The van der Waals surface area contributed by atoms with Crippen LogP contribution in [0, 0.1) is 0 Å². The first-order chi connectivity index (χ1) is 8.47. The molecule has 1 aliphatic heterocycles. The number of sulfonamides is 1. The molecule has 1 fully saturated rings. The monoisotopic (exact) mass is 272 g/mol. The van der Waals surface area contributed by atoms with Crippen molar-refractivity contribution in [2.24, 2.45) is 5.14 Å². The molecule has 0 spiro atoms. The molecule has 100 valence electrons. The molecule has 1 heterocycles. The molecule has 0 bridgehead atoms. The van der Waals surface area contributed by atoms with E-state index in [1.54, 1.807) is 6.07 Å². The molecule has 2 rings (SSSR count). The van der Waals surface area contributed by atoms with Crippen molar-refractivity contribution in [3.63, 3.8) is 0 Å². The van der Waals surface area contributed by atoms with Crippen molar-refractivity contribution in [2.45, 2.75) is 10.8 Å². The maximum absolute atomic E-state index is 11.5. The summed E-state index contributed by atoms with van der Waals surface area (Å²) in [6.45, 7) is 1.68. The van der Waals surface area contributed by atoms with Crippen LogP contribution in [0.3, 0.4) is 0 Å². The first-order valence-electron chi connectivity index (χ1n) is 5.46. The SMILES string of the molecule is COc1cc(S(N)(=O)=O)c(OC)cc1C1CNC1. The van der Waals surface area contributed by atoms with Gasteiger partial charge in [-0.15, -0.1) is 0 Å². The predicted molar refractivity (Wildman–Crippen MR) is 66.5 cm³/mol. The lowest BCUT2D eigenvalue weighted by atomic mass is 9.93. The number of nitrogens with two attached hydrogens (primary N) is 1. The number of hydrogen-bond acceptors (Lipinski definition) is 5. The molecule has 1 saturated heterocycles. The lowest BCUT2D eigenvalue weighted by Crippen LogP contribution is -2.40. The molecule has 0 aromatic heterocycles. The highest BCUT2D eigenvalue weighted by molar-refractivity contribution is 7.89. The minimum atomic E-state index is -3.83. The van der Waals surface area contributed by atoms with E-state index in [9.17, 15) is 8.42 Å². The highest BCUT2D eigenvalue weighted by atomic mass is 32.2. The molecule has 0 atom stereocenters. The smallest absolute Gasteiger partial charge is 0.241 e. The van der Waals surface area contributed by atoms with Gasteiger partial charge in [0.1, 0.15) is 16.4 Å². The number of primary sulfonamides is 1. The molecule has 0 amide bonds. The Morgan fingerprint density at radius 2 is 1.83 bits per heavy atom. The van der Waals surface area contributed by atoms with E-state index in [1.165, 1.54) is 20.3 Å². The molecule has 6 nitrogen and oxygen atoms in total. The van der Waals surface area contributed by atoms with E-state index in [1.807, 2.05) is 0 Å². The van der Waals surface area contributed by atoms with Crippen LogP contribution >= 0.6 is 0 Å². The van der Waals surface area contributed by atoms with Crippen LogP contribution in [0.4, 0.5) is 0 Å². The van der Waals surface area contributed by atoms with Gasteiger partial charge in [0.05, 0.1) is 14.2 Å². The van der Waals surface area contributed by atoms with Crippen molar-refractivity contribution >= 4 is 10.0 Å². The summed E-state index contributed by atoms with van der Waals surface area (Å²) in [7, 11) is -0.910. The summed E-state index contributed by atoms with van der Waals surface area (Å²) in [6, 6.07) is 3.10. The van der Waals surface area contributed by atoms with Crippen molar-refractivity contribution in [1.29, 1.82) is 0 Å². The Hall–Kier alpha value is -1.31. The molecule has 3 N–H and O–H groups in total. The van der Waals surface area contributed by atoms with Crippen LogP contribution in [-0.4, -0.2) is 35.7 Å². The average Bonchev–Trinajstić information content (AvgIpc) is 2.24. The Kier molecular flexibility index (Phi) is 3.47. The van der Waals surface area contributed by atoms with E-state index >= 15 is 0 Å². The third kappa shape index (κ3) is 2.29. The highest BCUT2D eigenvalue weighted by Crippen LogP contribution is 2.36. The molecule has 0 aliphatic carbocycles. The number of benzene rings is 1. The molecule has 0 saturated carbocycles. The Labute approximate surface area is 106 Å². The van der Waals surface area contributed by atoms with Crippen molar-refractivity contribution in [2.75, 3.05) is 27.3 Å². The van der Waals surface area contributed by atoms with Crippen LogP contribution in [-0.2, 0) is 10.0 Å². The fourth-order valence-electron chi connectivity index (χ4n) is 1.94. The van der Waals surface area contributed by atoms with Gasteiger partial charge in [0.15, 0.2) is 0 Å². The summed E-state index contributed by atoms with van der Waals surface area (Å²) in [5, 5.41) is 8.31. The first kappa shape index (κ1) is 13.1. The lowest BCUT2D eigenvalue weighted by molar-refractivity contribution is 0.371. The molecule has 0 unspecified atom stereocenters. The van der Waals surface area contributed by atoms with Gasteiger partial charge < -0.3 is 14.8 Å². The summed E-state index contributed by atoms with van der Waals surface area (Å²) >= 11 is 0. The van der Waals surface area contributed by atoms with Gasteiger partial charge in [0.25, 0.3) is 0 Å². The van der Waals surface area contributed by atoms with Gasteiger partial charge in [-0.1, -0.05) is 0 Å². The summed E-state index contributed by atoms with van der Waals surface area (Å²) in [6.07, 6.45) is 0. The summed E-state index contributed by atoms with van der Waals surface area (Å²) in [5.41, 5.74) is 0.931. The van der Waals surface area contributed by atoms with Crippen LogP contribution in [0.15, 0.2) is 17.0 Å². The van der Waals surface area contributed by atoms with Crippen molar-refractivity contribution < 1.29 is 17.9 Å². The number of hydrogen-bond donors (Lipinski definition) is 2. The van der Waals surface area contributed by atoms with Crippen LogP contribution in [0.25, 0.3) is 0 Å². The molecule has 1 aromatic carbocycles. The van der Waals surface area contributed by atoms with Crippen molar-refractivity contribution in [1.82, 2.24) is 5.32 Å². The van der Waals surface area contributed by atoms with Gasteiger partial charge in [-0.3, -0.25) is 0 Å². The summed E-state index contributed by atoms with van der Waals surface area (Å²) in [5.74, 6) is 1.08. The molecule has 0 radical (unpaired) electrons. The second-order valence-electron chi connectivity index (χ2n) is 4.15. The fourth-order valence-corrected chi connectivity index (χ4v) is 2.64. The van der Waals surface area contributed by atoms with E-state index in [-0.39, 0.29) is 10.6 Å². The van der Waals surface area contributed by atoms with Gasteiger partial charge in [-0.05, 0) is 6.07 Å². The topological polar surface area (TPSA) is 90.7 Å². The fraction of sp³-hybridized carbons (Fsp3) is 0.455. The van der Waals surface area contributed by atoms with Crippen LogP contribution in [0.5, 0.6) is 11.5 Å². The van der Waals surface area contributed by atoms with Gasteiger partial charge in [0.2, 0.25) is 10.0 Å². The zero-order valence-electron chi connectivity index (χ0n) is 10.3. The minimum absolute atomic E-state index is 0.0575. The largest absolute Gasteiger partial charge is 0.496 e. The molecular formula is C11H16N2O4S.